The number of hydrogen-bond acceptors (Lipinski definition) is 4. The molecule has 3 N–H and O–H groups in total. The Kier molecular flexibility index (Phi) is 2.68. The molecule has 3 aromatic rings. The van der Waals surface area contributed by atoms with Crippen molar-refractivity contribution in [1.82, 2.24) is 10.2 Å². The lowest BCUT2D eigenvalue weighted by molar-refractivity contribution is 0.0660. The first-order valence-corrected chi connectivity index (χ1v) is 5.72. The maximum atomic E-state index is 10.7. The maximum absolute atomic E-state index is 10.7. The van der Waals surface area contributed by atoms with Crippen molar-refractivity contribution in [1.29, 1.82) is 0 Å². The number of H-pyrrole nitrogens is 1. The molecule has 0 saturated heterocycles. The minimum atomic E-state index is -1.07. The number of aromatic amines is 1. The summed E-state index contributed by atoms with van der Waals surface area (Å²) in [6.45, 7) is 0.414. The van der Waals surface area contributed by atoms with Crippen LogP contribution in [0.1, 0.15) is 16.3 Å². The molecule has 2 heterocycles. The zero-order chi connectivity index (χ0) is 13.2. The summed E-state index contributed by atoms with van der Waals surface area (Å²) in [5.41, 5.74) is 1.86. The van der Waals surface area contributed by atoms with Crippen LogP contribution in [-0.4, -0.2) is 21.3 Å². The number of rotatable bonds is 4. The zero-order valence-corrected chi connectivity index (χ0v) is 9.88. The highest BCUT2D eigenvalue weighted by molar-refractivity contribution is 5.90. The summed E-state index contributed by atoms with van der Waals surface area (Å²) in [5.74, 6) is -0.556. The van der Waals surface area contributed by atoms with Gasteiger partial charge in [0.25, 0.3) is 0 Å². The number of carboxylic acids is 1. The molecule has 0 bridgehead atoms. The van der Waals surface area contributed by atoms with Gasteiger partial charge in [-0.15, -0.1) is 0 Å². The van der Waals surface area contributed by atoms with Gasteiger partial charge in [-0.25, -0.2) is 4.79 Å². The molecule has 0 amide bonds. The molecule has 6 heteroatoms. The van der Waals surface area contributed by atoms with Gasteiger partial charge in [0.2, 0.25) is 5.76 Å². The number of nitrogens with one attached hydrogen (secondary N) is 2. The number of carbonyl (C=O) groups is 1. The van der Waals surface area contributed by atoms with Crippen LogP contribution >= 0.6 is 0 Å². The van der Waals surface area contributed by atoms with Crippen LogP contribution in [0.5, 0.6) is 0 Å². The predicted octanol–water partition coefficient (Wildman–Crippen LogP) is 2.47. The third kappa shape index (κ3) is 2.15. The minimum absolute atomic E-state index is 0.0571. The van der Waals surface area contributed by atoms with E-state index < -0.39 is 5.97 Å². The SMILES string of the molecule is O=C(O)c1ccc(CNc2cccc3[nH]ncc23)o1. The summed E-state index contributed by atoms with van der Waals surface area (Å²) in [6, 6.07) is 8.86. The average molecular weight is 257 g/mol. The summed E-state index contributed by atoms with van der Waals surface area (Å²) >= 11 is 0. The lowest BCUT2D eigenvalue weighted by atomic mass is 10.2. The van der Waals surface area contributed by atoms with Gasteiger partial charge >= 0.3 is 5.97 Å². The maximum Gasteiger partial charge on any atom is 0.371 e. The molecular weight excluding hydrogens is 246 g/mol. The van der Waals surface area contributed by atoms with E-state index in [-0.39, 0.29) is 5.76 Å². The smallest absolute Gasteiger partial charge is 0.371 e. The second-order valence-corrected chi connectivity index (χ2v) is 4.06. The Bertz CT molecular complexity index is 729. The number of hydrogen-bond donors (Lipinski definition) is 3. The Morgan fingerprint density at radius 2 is 2.26 bits per heavy atom. The lowest BCUT2D eigenvalue weighted by Crippen LogP contribution is -1.98. The molecule has 19 heavy (non-hydrogen) atoms. The molecule has 0 aliphatic rings. The Morgan fingerprint density at radius 1 is 1.37 bits per heavy atom. The fourth-order valence-electron chi connectivity index (χ4n) is 1.89. The van der Waals surface area contributed by atoms with Gasteiger partial charge < -0.3 is 14.8 Å². The molecule has 1 aromatic carbocycles. The Labute approximate surface area is 108 Å². The van der Waals surface area contributed by atoms with Crippen LogP contribution in [0.25, 0.3) is 10.9 Å². The van der Waals surface area contributed by atoms with Gasteiger partial charge in [0.1, 0.15) is 5.76 Å². The molecule has 0 atom stereocenters. The number of anilines is 1. The Balaban J connectivity index is 1.78. The highest BCUT2D eigenvalue weighted by atomic mass is 16.4. The first kappa shape index (κ1) is 11.3. The van der Waals surface area contributed by atoms with Crippen LogP contribution in [0.4, 0.5) is 5.69 Å². The van der Waals surface area contributed by atoms with Gasteiger partial charge in [-0.3, -0.25) is 5.10 Å². The number of carboxylic acid groups (broad SMARTS) is 1. The second-order valence-electron chi connectivity index (χ2n) is 4.06. The number of benzene rings is 1. The van der Waals surface area contributed by atoms with E-state index in [1.54, 1.807) is 12.3 Å². The highest BCUT2D eigenvalue weighted by Gasteiger charge is 2.09. The average Bonchev–Trinajstić information content (AvgIpc) is 3.05. The summed E-state index contributed by atoms with van der Waals surface area (Å²) in [5, 5.41) is 19.8. The number of nitrogens with zero attached hydrogens (tertiary/aromatic N) is 1. The third-order valence-corrected chi connectivity index (χ3v) is 2.81. The van der Waals surface area contributed by atoms with Crippen LogP contribution < -0.4 is 5.32 Å². The summed E-state index contributed by atoms with van der Waals surface area (Å²) < 4.78 is 5.17. The summed E-state index contributed by atoms with van der Waals surface area (Å²) in [7, 11) is 0. The number of aromatic nitrogens is 2. The summed E-state index contributed by atoms with van der Waals surface area (Å²) in [4.78, 5) is 10.7. The van der Waals surface area contributed by atoms with Crippen LogP contribution in [0.3, 0.4) is 0 Å². The Morgan fingerprint density at radius 3 is 3.05 bits per heavy atom. The fraction of sp³-hybridized carbons (Fsp3) is 0.0769. The molecular formula is C13H11N3O3. The fourth-order valence-corrected chi connectivity index (χ4v) is 1.89. The van der Waals surface area contributed by atoms with Gasteiger partial charge in [0.05, 0.1) is 18.3 Å². The summed E-state index contributed by atoms with van der Waals surface area (Å²) in [6.07, 6.45) is 1.74. The van der Waals surface area contributed by atoms with Crippen molar-refractivity contribution >= 4 is 22.6 Å². The van der Waals surface area contributed by atoms with Crippen molar-refractivity contribution in [2.24, 2.45) is 0 Å². The molecule has 0 unspecified atom stereocenters. The van der Waals surface area contributed by atoms with Gasteiger partial charge in [-0.2, -0.15) is 5.10 Å². The molecule has 2 aromatic heterocycles. The first-order valence-electron chi connectivity index (χ1n) is 5.72. The Hall–Kier alpha value is -2.76. The molecule has 0 aliphatic carbocycles. The monoisotopic (exact) mass is 257 g/mol. The van der Waals surface area contributed by atoms with Crippen LogP contribution in [-0.2, 0) is 6.54 Å². The third-order valence-electron chi connectivity index (χ3n) is 2.81. The highest BCUT2D eigenvalue weighted by Crippen LogP contribution is 2.21. The molecule has 6 nitrogen and oxygen atoms in total. The van der Waals surface area contributed by atoms with Crippen molar-refractivity contribution in [3.8, 4) is 0 Å². The predicted molar refractivity (Wildman–Crippen MR) is 69.1 cm³/mol. The van der Waals surface area contributed by atoms with Gasteiger partial charge in [-0.05, 0) is 24.3 Å². The first-order chi connectivity index (χ1) is 9.24. The van der Waals surface area contributed by atoms with Crippen molar-refractivity contribution in [2.75, 3.05) is 5.32 Å². The van der Waals surface area contributed by atoms with Crippen LogP contribution in [0, 0.1) is 0 Å². The number of fused-ring (bicyclic) bond motifs is 1. The minimum Gasteiger partial charge on any atom is -0.475 e. The van der Waals surface area contributed by atoms with Crippen molar-refractivity contribution in [3.63, 3.8) is 0 Å². The molecule has 96 valence electrons. The molecule has 0 aliphatic heterocycles. The van der Waals surface area contributed by atoms with E-state index in [1.165, 1.54) is 6.07 Å². The topological polar surface area (TPSA) is 91.2 Å². The van der Waals surface area contributed by atoms with E-state index in [2.05, 4.69) is 15.5 Å². The normalized spacial score (nSPS) is 10.7. The van der Waals surface area contributed by atoms with Crippen molar-refractivity contribution in [2.45, 2.75) is 6.54 Å². The van der Waals surface area contributed by atoms with Crippen LogP contribution in [0.15, 0.2) is 40.9 Å². The van der Waals surface area contributed by atoms with E-state index in [4.69, 9.17) is 9.52 Å². The number of furan rings is 1. The standard InChI is InChI=1S/C13H11N3O3/c17-13(18)12-5-4-8(19-12)6-14-10-2-1-3-11-9(10)7-15-16-11/h1-5,7,14H,6H2,(H,15,16)(H,17,18). The van der Waals surface area contributed by atoms with Crippen molar-refractivity contribution in [3.05, 3.63) is 48.0 Å². The largest absolute Gasteiger partial charge is 0.475 e. The molecule has 0 radical (unpaired) electrons. The molecule has 0 fully saturated rings. The van der Waals surface area contributed by atoms with Gasteiger partial charge in [0.15, 0.2) is 0 Å². The second kappa shape index (κ2) is 4.49. The molecule has 3 rings (SSSR count). The van der Waals surface area contributed by atoms with E-state index in [0.29, 0.717) is 12.3 Å². The van der Waals surface area contributed by atoms with E-state index >= 15 is 0 Å². The zero-order valence-electron chi connectivity index (χ0n) is 9.88. The van der Waals surface area contributed by atoms with E-state index in [1.807, 2.05) is 18.2 Å². The van der Waals surface area contributed by atoms with Gasteiger partial charge in [0, 0.05) is 11.1 Å². The molecule has 0 saturated carbocycles. The van der Waals surface area contributed by atoms with Crippen molar-refractivity contribution < 1.29 is 14.3 Å². The molecule has 0 spiro atoms. The van der Waals surface area contributed by atoms with Crippen LogP contribution in [0.2, 0.25) is 0 Å². The van der Waals surface area contributed by atoms with Gasteiger partial charge in [-0.1, -0.05) is 6.07 Å². The quantitative estimate of drug-likeness (QED) is 0.667. The number of aromatic carboxylic acids is 1. The van der Waals surface area contributed by atoms with E-state index in [9.17, 15) is 4.79 Å². The van der Waals surface area contributed by atoms with E-state index in [0.717, 1.165) is 16.6 Å². The lowest BCUT2D eigenvalue weighted by Gasteiger charge is -2.05.